The van der Waals surface area contributed by atoms with Crippen LogP contribution in [0.1, 0.15) is 127 Å². The highest BCUT2D eigenvalue weighted by atomic mass is 19.2. The second-order valence-corrected chi connectivity index (χ2v) is 34.8. The number of hydrogen-bond acceptors (Lipinski definition) is 42. The predicted octanol–water partition coefficient (Wildman–Crippen LogP) is -0.243. The molecule has 5 saturated heterocycles. The molecule has 137 heavy (non-hydrogen) atoms. The van der Waals surface area contributed by atoms with Crippen LogP contribution < -0.4 is 22.5 Å². The SMILES string of the molecule is C=C1NC(=O)C(C)=CN1[C@@H]1O[C@H](COC)[C@@H](O)[C@@]1(C)F.COC[C@H]1C[C@@H](n2cnc3c(N)ccnc32)[C@](C)(F)[C@@H]1O.COC[C@H]1C[C@@H](n2cnc3c(N)ccnc32)[C@](C)(O)[C@@H]1O.COC[C@H]1O[C@@H](n2ccc3c(N)ccnc32)[C@](C)(O)[C@@H]1O.COC[C@H]1O[C@@H](n2cnc(C(C)=N)n2)[C@H](F)[C@@H]1O.COC[C@H]1O[C@@H](n2cnc(C(C)=N)n2)[C@H](O)[C@@H]1O.COC[C@H]1O[C@@H](n2cnc(C(C)=O)n2)[C@H](O)[C@@H]1O. The Morgan fingerprint density at radius 3 is 1.36 bits per heavy atom. The number of nitrogens with zero attached hydrogens (tertiary/aromatic N) is 18. The first-order valence-corrected chi connectivity index (χ1v) is 43.3. The maximum atomic E-state index is 15.0. The van der Waals surface area contributed by atoms with Crippen LogP contribution >= 0.6 is 0 Å². The van der Waals surface area contributed by atoms with Gasteiger partial charge in [-0.3, -0.25) is 9.59 Å². The van der Waals surface area contributed by atoms with Crippen LogP contribution in [0.2, 0.25) is 0 Å². The predicted molar refractivity (Wildman–Crippen MR) is 477 cm³/mol. The molecule has 6 aliphatic heterocycles. The molecule has 0 radical (unpaired) electrons. The number of aliphatic hydroxyl groups excluding tert-OH is 9. The van der Waals surface area contributed by atoms with Crippen LogP contribution in [0.25, 0.3) is 33.4 Å². The highest BCUT2D eigenvalue weighted by Crippen LogP contribution is 2.49. The first-order valence-electron chi connectivity index (χ1n) is 43.3. The first-order chi connectivity index (χ1) is 64.8. The number of aromatic nitrogens is 17. The average molecular weight is 1940 g/mol. The largest absolute Gasteiger partial charge is 0.398 e. The van der Waals surface area contributed by atoms with Crippen molar-refractivity contribution in [3.05, 3.63) is 122 Å². The van der Waals surface area contributed by atoms with E-state index in [9.17, 15) is 74.5 Å². The van der Waals surface area contributed by atoms with E-state index in [1.54, 1.807) is 104 Å². The summed E-state index contributed by atoms with van der Waals surface area (Å²) in [6.45, 7) is 17.0. The van der Waals surface area contributed by atoms with Gasteiger partial charge >= 0.3 is 0 Å². The number of carbonyl (C=O) groups excluding carboxylic acids is 2. The molecule has 15 heterocycles. The number of hydrogen-bond donors (Lipinski definition) is 17. The molecule has 1 amide bonds. The number of alkyl halides is 3. The zero-order valence-electron chi connectivity index (χ0n) is 78.1. The van der Waals surface area contributed by atoms with Crippen LogP contribution in [-0.4, -0.2) is 384 Å². The second-order valence-electron chi connectivity index (χ2n) is 34.8. The molecule has 28 atom stereocenters. The summed E-state index contributed by atoms with van der Waals surface area (Å²) in [6.07, 6.45) is -3.36. The normalized spacial score (nSPS) is 33.2. The van der Waals surface area contributed by atoms with Crippen molar-refractivity contribution in [1.82, 2.24) is 93.1 Å². The van der Waals surface area contributed by atoms with E-state index in [0.29, 0.717) is 76.7 Å². The maximum absolute atomic E-state index is 15.0. The third-order valence-corrected chi connectivity index (χ3v) is 24.7. The van der Waals surface area contributed by atoms with E-state index >= 15 is 4.39 Å². The lowest BCUT2D eigenvalue weighted by Crippen LogP contribution is -2.51. The Morgan fingerprint density at radius 2 is 0.898 bits per heavy atom. The van der Waals surface area contributed by atoms with Crippen LogP contribution in [0.4, 0.5) is 30.2 Å². The number of carbonyl (C=O) groups is 2. The molecule has 9 aromatic rings. The summed E-state index contributed by atoms with van der Waals surface area (Å²) < 4.78 is 115. The Balaban J connectivity index is 0.000000154. The van der Waals surface area contributed by atoms with Gasteiger partial charge in [-0.25, -0.2) is 67.1 Å². The van der Waals surface area contributed by atoms with Crippen molar-refractivity contribution in [3.8, 4) is 0 Å². The molecule has 2 aliphatic carbocycles. The zero-order chi connectivity index (χ0) is 101. The van der Waals surface area contributed by atoms with E-state index in [1.165, 1.54) is 114 Å². The number of halogens is 3. The molecule has 52 heteroatoms. The van der Waals surface area contributed by atoms with Gasteiger partial charge in [-0.05, 0) is 85.6 Å². The minimum absolute atomic E-state index is 0.0375. The number of anilines is 3. The van der Waals surface area contributed by atoms with Gasteiger partial charge in [-0.1, -0.05) is 6.58 Å². The second kappa shape index (κ2) is 45.1. The first kappa shape index (κ1) is 107. The van der Waals surface area contributed by atoms with E-state index in [2.05, 4.69) is 67.1 Å². The zero-order valence-corrected chi connectivity index (χ0v) is 78.1. The van der Waals surface area contributed by atoms with Crippen molar-refractivity contribution >= 4 is 73.5 Å². The van der Waals surface area contributed by atoms with Crippen LogP contribution in [0.5, 0.6) is 0 Å². The van der Waals surface area contributed by atoms with Gasteiger partial charge in [-0.15, -0.1) is 15.3 Å². The summed E-state index contributed by atoms with van der Waals surface area (Å²) in [4.78, 5) is 56.8. The number of pyridine rings is 3. The molecule has 754 valence electrons. The Morgan fingerprint density at radius 1 is 0.489 bits per heavy atom. The van der Waals surface area contributed by atoms with Crippen molar-refractivity contribution in [2.24, 2.45) is 11.8 Å². The summed E-state index contributed by atoms with van der Waals surface area (Å²) in [6, 6.07) is 6.00. The Hall–Kier alpha value is -10.6. The Labute approximate surface area is 783 Å². The summed E-state index contributed by atoms with van der Waals surface area (Å²) in [7, 11) is 10.5. The van der Waals surface area contributed by atoms with Crippen molar-refractivity contribution < 1.29 is 136 Å². The molecule has 0 unspecified atom stereocenters. The van der Waals surface area contributed by atoms with Gasteiger partial charge in [0.05, 0.1) is 106 Å². The van der Waals surface area contributed by atoms with E-state index in [0.717, 1.165) is 5.39 Å². The number of aliphatic hydroxyl groups is 11. The lowest BCUT2D eigenvalue weighted by molar-refractivity contribution is -0.120. The van der Waals surface area contributed by atoms with Crippen LogP contribution in [0.15, 0.2) is 105 Å². The molecule has 8 aliphatic rings. The molecule has 20 N–H and O–H groups in total. The average Bonchev–Trinajstić information content (AvgIpc) is 1.61. The number of ketones is 1. The lowest BCUT2D eigenvalue weighted by Gasteiger charge is -2.36. The van der Waals surface area contributed by atoms with Gasteiger partial charge in [0.1, 0.15) is 126 Å². The molecular formula is C85H123F3N24O25. The standard InChI is InChI=1S/C14H19FN4O2.C14H20N4O3.C14H19N3O4.C13H19FN2O4.C10H15FN4O3.C10H16N4O4.C10H15N3O5/c1-14(15)10(5-8(6-21-2)12(14)20)19-7-18-11-9(16)3-4-17-13(11)19;1-14(20)10(5-8(6-21-2)12(14)19)18-7-17-11-9(15)3-4-16-13(11)18;1-14(19)11(18)10(7-20-2)21-13(14)17-6-4-8-9(15)3-5-16-12(8)17;1-7-5-16(8(2)15-11(7)18)12-13(3,14)10(17)9(20-12)6-19-4;1-5(12)9-13-4-15(14-9)10-7(11)8(16)6(18-10)3-17-2;1-5(11)9-12-4-14(13-9)10-8(16)7(15)6(18-10)3-17-2;1-5(14)9-11-4-13(12-9)10-8(16)7(15)6(18-10)3-17-2/h3-4,7-8,10,12,20H,5-6H2,1-2H3,(H2,16,17);3-4,7-8,10,12,19-20H,5-6H2,1-2H3,(H2,15,16);3-6,10-11,13,18-19H,7H2,1-2H3,(H2,15,16);5,9-10,12,17H,2,6H2,1,3-4H3,(H,15,18);4,6-8,10,12,16H,3H2,1-2H3;4,6-8,10-11,15-16H,3H2,1-2H3;4,6-8,10,15-16H,3H2,1-2H3/t2*8-,10-,12-,14+;10-,11-,13-,14-;9-,10-,12-,13-;3*6-,7-,8-,10-/m1111111/s1. The fraction of sp³-hybridized carbons (Fsp3) is 0.612. The smallest absolute Gasteiger partial charge is 0.253 e. The Bertz CT molecular complexity index is 5140. The van der Waals surface area contributed by atoms with Crippen LogP contribution in [0, 0.1) is 22.7 Å². The number of nitrogens with two attached hydrogens (primary N) is 3. The number of rotatable bonds is 24. The monoisotopic (exact) mass is 1940 g/mol. The van der Waals surface area contributed by atoms with Gasteiger partial charge in [-0.2, -0.15) is 0 Å². The van der Waals surface area contributed by atoms with E-state index in [4.69, 9.17) is 84.9 Å². The summed E-state index contributed by atoms with van der Waals surface area (Å²) in [5.74, 6) is -0.253. The number of Topliss-reactive ketones (excluding diaryl/α,β-unsaturated/α-hetero) is 1. The van der Waals surface area contributed by atoms with Crippen molar-refractivity contribution in [2.75, 3.05) is 113 Å². The number of nitrogens with one attached hydrogen (secondary N) is 3. The minimum Gasteiger partial charge on any atom is -0.398 e. The number of imidazole rings is 2. The van der Waals surface area contributed by atoms with Crippen LogP contribution in [0.3, 0.4) is 0 Å². The number of amides is 1. The molecule has 9 aromatic heterocycles. The van der Waals surface area contributed by atoms with Crippen molar-refractivity contribution in [2.45, 2.75) is 226 Å². The van der Waals surface area contributed by atoms with Crippen molar-refractivity contribution in [3.63, 3.8) is 0 Å². The van der Waals surface area contributed by atoms with Gasteiger partial charge in [0.25, 0.3) is 5.91 Å². The van der Waals surface area contributed by atoms with Gasteiger partial charge in [0.2, 0.25) is 5.82 Å². The van der Waals surface area contributed by atoms with Gasteiger partial charge in [0, 0.05) is 116 Å². The number of fused-ring (bicyclic) bond motifs is 3. The third kappa shape index (κ3) is 22.6. The van der Waals surface area contributed by atoms with Crippen LogP contribution in [-0.2, 0) is 61.6 Å². The molecule has 0 aromatic carbocycles. The molecule has 2 saturated carbocycles. The summed E-state index contributed by atoms with van der Waals surface area (Å²) in [5.41, 5.74) is 16.5. The number of nitrogen functional groups attached to an aromatic ring is 3. The molecule has 17 rings (SSSR count). The molecule has 0 bridgehead atoms. The number of ether oxygens (including phenoxy) is 12. The van der Waals surface area contributed by atoms with E-state index in [-0.39, 0.29) is 97.3 Å². The molecular weight excluding hydrogens is 1810 g/mol. The van der Waals surface area contributed by atoms with Gasteiger partial charge in [0.15, 0.2) is 77.4 Å². The highest BCUT2D eigenvalue weighted by molar-refractivity contribution is 5.95. The topological polar surface area (TPSA) is 680 Å². The quantitative estimate of drug-likeness (QED) is 0.0274. The fourth-order valence-electron chi connectivity index (χ4n) is 17.1. The lowest BCUT2D eigenvalue weighted by atomic mass is 9.96. The Kier molecular flexibility index (Phi) is 35.2. The molecule has 7 fully saturated rings. The molecule has 0 spiro atoms. The summed E-state index contributed by atoms with van der Waals surface area (Å²) in [5, 5.41) is 141. The summed E-state index contributed by atoms with van der Waals surface area (Å²) >= 11 is 0. The van der Waals surface area contributed by atoms with Crippen molar-refractivity contribution in [1.29, 1.82) is 10.8 Å². The minimum atomic E-state index is -2.02. The maximum Gasteiger partial charge on any atom is 0.253 e. The van der Waals surface area contributed by atoms with E-state index < -0.39 is 151 Å². The molecule has 49 nitrogen and oxygen atoms in total. The third-order valence-electron chi connectivity index (χ3n) is 24.7. The highest BCUT2D eigenvalue weighted by Gasteiger charge is 2.59. The van der Waals surface area contributed by atoms with E-state index in [1.807, 2.05) is 6.07 Å². The van der Waals surface area contributed by atoms with Gasteiger partial charge < -0.3 is 165 Å². The number of methoxy groups -OCH3 is 7. The fourth-order valence-corrected chi connectivity index (χ4v) is 17.1.